The number of ether oxygens (including phenoxy) is 2. The molecule has 1 aromatic carbocycles. The lowest BCUT2D eigenvalue weighted by Gasteiger charge is -2.36. The fourth-order valence-electron chi connectivity index (χ4n) is 10.7. The van der Waals surface area contributed by atoms with Crippen LogP contribution in [0, 0.1) is 23.7 Å². The zero-order valence-electron chi connectivity index (χ0n) is 35.9. The second kappa shape index (κ2) is 17.3. The number of likely N-dealkylation sites (N-methyl/N-ethyl adjacent to an activating group) is 1. The van der Waals surface area contributed by atoms with E-state index in [9.17, 15) is 28.0 Å². The molecule has 5 aliphatic heterocycles. The summed E-state index contributed by atoms with van der Waals surface area (Å²) < 4.78 is 43.9. The number of halogens is 2. The minimum absolute atomic E-state index is 0.00939. The molecule has 2 N–H and O–H groups in total. The van der Waals surface area contributed by atoms with Gasteiger partial charge >= 0.3 is 0 Å². The number of piperidine rings is 2. The molecule has 336 valence electrons. The van der Waals surface area contributed by atoms with Crippen molar-refractivity contribution in [3.05, 3.63) is 65.2 Å². The summed E-state index contributed by atoms with van der Waals surface area (Å²) in [5.41, 5.74) is 2.24. The van der Waals surface area contributed by atoms with E-state index in [-0.39, 0.29) is 59.9 Å². The third kappa shape index (κ3) is 8.13. The number of fused-ring (bicyclic) bond motifs is 4. The number of nitrogens with zero attached hydrogens (tertiary/aromatic N) is 8. The number of morpholine rings is 1. The lowest BCUT2D eigenvalue weighted by Crippen LogP contribution is -2.44. The predicted octanol–water partition coefficient (Wildman–Crippen LogP) is 4.86. The third-order valence-corrected chi connectivity index (χ3v) is 14.1. The van der Waals surface area contributed by atoms with Gasteiger partial charge in [-0.15, -0.1) is 0 Å². The lowest BCUT2D eigenvalue weighted by atomic mass is 9.81. The molecule has 5 atom stereocenters. The Balaban J connectivity index is 0.701. The second-order valence-electron chi connectivity index (χ2n) is 18.2. The molecule has 5 fully saturated rings. The third-order valence-electron chi connectivity index (χ3n) is 14.1. The van der Waals surface area contributed by atoms with Crippen LogP contribution in [0.2, 0.25) is 0 Å². The molecule has 4 amide bonds. The summed E-state index contributed by atoms with van der Waals surface area (Å²) in [4.78, 5) is 62.3. The van der Waals surface area contributed by atoms with Gasteiger partial charge in [-0.3, -0.25) is 29.2 Å². The fourth-order valence-corrected chi connectivity index (χ4v) is 10.7. The Kier molecular flexibility index (Phi) is 11.4. The first kappa shape index (κ1) is 42.2. The number of imide groups is 1. The number of alkyl halides is 2. The zero-order chi connectivity index (χ0) is 44.2. The van der Waals surface area contributed by atoms with Gasteiger partial charge in [0.1, 0.15) is 17.5 Å². The van der Waals surface area contributed by atoms with Crippen LogP contribution in [0.15, 0.2) is 42.9 Å². The van der Waals surface area contributed by atoms with Crippen LogP contribution < -0.4 is 20.4 Å². The highest BCUT2D eigenvalue weighted by Crippen LogP contribution is 2.45. The largest absolute Gasteiger partial charge is 0.374 e. The maximum atomic E-state index is 14.3. The number of para-hydroxylation sites is 1. The predicted molar refractivity (Wildman–Crippen MR) is 230 cm³/mol. The molecule has 4 saturated heterocycles. The van der Waals surface area contributed by atoms with E-state index in [1.165, 1.54) is 16.9 Å². The number of hydrogen-bond donors (Lipinski definition) is 2. The van der Waals surface area contributed by atoms with E-state index in [0.29, 0.717) is 35.8 Å². The highest BCUT2D eigenvalue weighted by atomic mass is 19.3. The summed E-state index contributed by atoms with van der Waals surface area (Å²) in [6.45, 7) is 6.09. The number of aromatic nitrogens is 5. The van der Waals surface area contributed by atoms with E-state index in [1.807, 2.05) is 31.2 Å². The molecule has 2 unspecified atom stereocenters. The van der Waals surface area contributed by atoms with Crippen LogP contribution in [0.3, 0.4) is 0 Å². The normalized spacial score (nSPS) is 26.7. The maximum absolute atomic E-state index is 14.3. The van der Waals surface area contributed by atoms with Gasteiger partial charge < -0.3 is 29.5 Å². The van der Waals surface area contributed by atoms with Gasteiger partial charge in [0.25, 0.3) is 12.3 Å². The van der Waals surface area contributed by atoms with Crippen molar-refractivity contribution in [3.8, 4) is 11.8 Å². The van der Waals surface area contributed by atoms with Crippen molar-refractivity contribution in [2.45, 2.75) is 107 Å². The average Bonchev–Trinajstić information content (AvgIpc) is 4.14. The Bertz CT molecular complexity index is 2540. The number of hydrogen-bond acceptors (Lipinski definition) is 11. The van der Waals surface area contributed by atoms with Crippen LogP contribution in [0.5, 0.6) is 0 Å². The first-order valence-corrected chi connectivity index (χ1v) is 22.5. The van der Waals surface area contributed by atoms with Crippen LogP contribution in [-0.2, 0) is 23.9 Å². The van der Waals surface area contributed by atoms with Crippen molar-refractivity contribution in [1.82, 2.24) is 34.6 Å². The highest BCUT2D eigenvalue weighted by molar-refractivity contribution is 6.10. The molecule has 0 radical (unpaired) electrons. The van der Waals surface area contributed by atoms with Gasteiger partial charge in [-0.25, -0.2) is 18.3 Å². The summed E-state index contributed by atoms with van der Waals surface area (Å²) in [5, 5.41) is 13.7. The van der Waals surface area contributed by atoms with E-state index in [2.05, 4.69) is 42.5 Å². The van der Waals surface area contributed by atoms with Crippen molar-refractivity contribution in [2.24, 2.45) is 11.8 Å². The standard InChI is InChI=1S/C46H52F2N10O6/c1-26(6-9-28-4-3-5-33-39(46(62)54(2)41(28)33)34-12-13-38(59)52-44(34)60)64-31-14-17-55(18-15-31)22-27-7-10-29(11-8-27)58-24-36(40(53-58)42(47)48)50-45(61)35-21-49-57-19-16-37(51-43(35)57)56-23-32-20-30(56)25-63-32/h3-5,16,19,21,24,26-27,29-32,34,39,42H,7-8,10-15,17-18,20,22-23,25H2,1-2H3,(H,50,61)(H,52,59,60)/t26-,27?,29?,30-,32-,34?,39?/m1/s1. The minimum Gasteiger partial charge on any atom is -0.374 e. The molecule has 18 heteroatoms. The van der Waals surface area contributed by atoms with Gasteiger partial charge in [0, 0.05) is 57.6 Å². The highest BCUT2D eigenvalue weighted by Gasteiger charge is 2.46. The summed E-state index contributed by atoms with van der Waals surface area (Å²) in [5.74, 6) is 4.98. The van der Waals surface area contributed by atoms with Gasteiger partial charge in [-0.2, -0.15) is 10.2 Å². The van der Waals surface area contributed by atoms with Crippen LogP contribution in [0.1, 0.15) is 110 Å². The van der Waals surface area contributed by atoms with Crippen LogP contribution in [0.25, 0.3) is 5.65 Å². The van der Waals surface area contributed by atoms with E-state index in [0.717, 1.165) is 82.5 Å². The smallest absolute Gasteiger partial charge is 0.284 e. The van der Waals surface area contributed by atoms with Gasteiger partial charge in [0.2, 0.25) is 17.7 Å². The molecule has 8 heterocycles. The molecule has 1 saturated carbocycles. The summed E-state index contributed by atoms with van der Waals surface area (Å²) in [6, 6.07) is 7.65. The van der Waals surface area contributed by atoms with Crippen molar-refractivity contribution in [1.29, 1.82) is 0 Å². The number of rotatable bonds is 10. The Morgan fingerprint density at radius 1 is 1.06 bits per heavy atom. The minimum atomic E-state index is -2.86. The first-order valence-electron chi connectivity index (χ1n) is 22.5. The number of benzene rings is 1. The molecule has 4 aromatic rings. The molecular formula is C46H52F2N10O6. The molecule has 10 rings (SSSR count). The maximum Gasteiger partial charge on any atom is 0.284 e. The second-order valence-corrected chi connectivity index (χ2v) is 18.2. The Morgan fingerprint density at radius 3 is 2.61 bits per heavy atom. The molecular weight excluding hydrogens is 827 g/mol. The first-order chi connectivity index (χ1) is 31.0. The summed E-state index contributed by atoms with van der Waals surface area (Å²) in [7, 11) is 1.70. The number of carbonyl (C=O) groups excluding carboxylic acids is 4. The SMILES string of the molecule is C[C@H](C#Cc1cccc2c1N(C)C(=O)C2C1CCC(=O)NC1=O)OC1CCN(CC2CCC(n3cc(NC(=O)c4cnn5ccc(N6C[C@H]7C[C@@H]6CO7)nc45)c(C(F)F)n3)CC2)CC1. The van der Waals surface area contributed by atoms with Crippen LogP contribution in [0.4, 0.5) is 26.0 Å². The van der Waals surface area contributed by atoms with Crippen molar-refractivity contribution in [2.75, 3.05) is 55.0 Å². The van der Waals surface area contributed by atoms with E-state index in [4.69, 9.17) is 14.5 Å². The fraction of sp³-hybridized carbons (Fsp3) is 0.543. The van der Waals surface area contributed by atoms with Crippen molar-refractivity contribution >= 4 is 46.5 Å². The van der Waals surface area contributed by atoms with E-state index in [1.54, 1.807) is 22.8 Å². The molecule has 6 aliphatic rings. The summed E-state index contributed by atoms with van der Waals surface area (Å²) in [6.07, 6.45) is 8.49. The van der Waals surface area contributed by atoms with Gasteiger partial charge in [0.05, 0.1) is 60.3 Å². The molecule has 0 spiro atoms. The number of nitrogens with one attached hydrogen (secondary N) is 2. The molecule has 64 heavy (non-hydrogen) atoms. The van der Waals surface area contributed by atoms with E-state index >= 15 is 0 Å². The number of amides is 4. The van der Waals surface area contributed by atoms with E-state index < -0.39 is 35.8 Å². The van der Waals surface area contributed by atoms with Crippen LogP contribution >= 0.6 is 0 Å². The van der Waals surface area contributed by atoms with Crippen molar-refractivity contribution < 1.29 is 37.4 Å². The zero-order valence-corrected chi connectivity index (χ0v) is 35.9. The Hall–Kier alpha value is -5.77. The summed E-state index contributed by atoms with van der Waals surface area (Å²) >= 11 is 0. The van der Waals surface area contributed by atoms with Gasteiger partial charge in [-0.1, -0.05) is 24.0 Å². The van der Waals surface area contributed by atoms with Gasteiger partial charge in [0.15, 0.2) is 11.3 Å². The monoisotopic (exact) mass is 878 g/mol. The van der Waals surface area contributed by atoms with Crippen molar-refractivity contribution in [3.63, 3.8) is 0 Å². The number of anilines is 3. The Morgan fingerprint density at radius 2 is 1.88 bits per heavy atom. The Labute approximate surface area is 369 Å². The number of carbonyl (C=O) groups is 4. The molecule has 1 aliphatic carbocycles. The average molecular weight is 879 g/mol. The number of likely N-dealkylation sites (tertiary alicyclic amines) is 1. The lowest BCUT2D eigenvalue weighted by molar-refractivity contribution is -0.139. The topological polar surface area (TPSA) is 169 Å². The quantitative estimate of drug-likeness (QED) is 0.165. The van der Waals surface area contributed by atoms with Gasteiger partial charge in [-0.05, 0) is 81.9 Å². The molecule has 3 aromatic heterocycles. The molecule has 16 nitrogen and oxygen atoms in total. The molecule has 2 bridgehead atoms. The van der Waals surface area contributed by atoms with Crippen LogP contribution in [-0.4, -0.2) is 117 Å².